The highest BCUT2D eigenvalue weighted by molar-refractivity contribution is 5.52. The van der Waals surface area contributed by atoms with Crippen molar-refractivity contribution in [1.29, 1.82) is 0 Å². The molecule has 1 fully saturated rings. The molecule has 0 atom stereocenters. The lowest BCUT2D eigenvalue weighted by Crippen LogP contribution is -2.24. The van der Waals surface area contributed by atoms with Crippen LogP contribution in [-0.2, 0) is 0 Å². The molecule has 1 aliphatic carbocycles. The highest BCUT2D eigenvalue weighted by atomic mass is 19.3. The maximum atomic E-state index is 14.6. The van der Waals surface area contributed by atoms with Gasteiger partial charge in [0.1, 0.15) is 0 Å². The van der Waals surface area contributed by atoms with E-state index in [2.05, 4.69) is 30.9 Å². The van der Waals surface area contributed by atoms with Crippen LogP contribution >= 0.6 is 0 Å². The smallest absolute Gasteiger partial charge is 0.207 e. The second-order valence-corrected chi connectivity index (χ2v) is 9.64. The summed E-state index contributed by atoms with van der Waals surface area (Å²) in [6.45, 7) is 2.23. The lowest BCUT2D eigenvalue weighted by molar-refractivity contribution is -0.0384. The van der Waals surface area contributed by atoms with Crippen molar-refractivity contribution in [3.63, 3.8) is 0 Å². The van der Waals surface area contributed by atoms with E-state index in [-0.39, 0.29) is 42.7 Å². The Kier molecular flexibility index (Phi) is 10.5. The standard InChI is InChI=1S/C31H36F4/c1-2-3-4-5-6-7-8-9-10-11-24-12-14-25(15-13-24)16-17-27-18-19-28(30(33)29(27)32)26-20-22-31(34,35)23-21-26/h10-15,18-19,26H,2-9,20-23H2,1H3/b11-10+. The molecule has 1 aliphatic rings. The third kappa shape index (κ3) is 8.57. The number of unbranched alkanes of at least 4 members (excludes halogenated alkanes) is 7. The van der Waals surface area contributed by atoms with Crippen LogP contribution in [0.25, 0.3) is 6.08 Å². The zero-order chi connectivity index (χ0) is 25.1. The summed E-state index contributed by atoms with van der Waals surface area (Å²) >= 11 is 0. The van der Waals surface area contributed by atoms with Crippen molar-refractivity contribution in [3.8, 4) is 11.8 Å². The van der Waals surface area contributed by atoms with Gasteiger partial charge in [0.05, 0.1) is 5.56 Å². The Morgan fingerprint density at radius 1 is 0.829 bits per heavy atom. The minimum absolute atomic E-state index is 0.0222. The van der Waals surface area contributed by atoms with Gasteiger partial charge in [0.25, 0.3) is 0 Å². The van der Waals surface area contributed by atoms with Crippen molar-refractivity contribution in [2.75, 3.05) is 0 Å². The van der Waals surface area contributed by atoms with E-state index in [1.165, 1.54) is 57.1 Å². The first-order valence-electron chi connectivity index (χ1n) is 13.0. The molecule has 0 nitrogen and oxygen atoms in total. The SMILES string of the molecule is CCCCCCCCC/C=C/c1ccc(C#Cc2ccc(C3CCC(F)(F)CC3)c(F)c2F)cc1. The van der Waals surface area contributed by atoms with Gasteiger partial charge in [-0.2, -0.15) is 0 Å². The third-order valence-electron chi connectivity index (χ3n) is 6.81. The summed E-state index contributed by atoms with van der Waals surface area (Å²) in [4.78, 5) is 0. The quantitative estimate of drug-likeness (QED) is 0.179. The Labute approximate surface area is 207 Å². The number of alkyl halides is 2. The van der Waals surface area contributed by atoms with Gasteiger partial charge in [0.2, 0.25) is 5.92 Å². The lowest BCUT2D eigenvalue weighted by Gasteiger charge is -2.28. The molecule has 0 N–H and O–H groups in total. The molecule has 0 aromatic heterocycles. The molecule has 0 saturated heterocycles. The molecular formula is C31H36F4. The number of rotatable bonds is 10. The Balaban J connectivity index is 1.51. The fourth-order valence-corrected chi connectivity index (χ4v) is 4.58. The molecule has 4 heteroatoms. The molecule has 0 bridgehead atoms. The number of hydrogen-bond acceptors (Lipinski definition) is 0. The first kappa shape index (κ1) is 27.1. The molecule has 0 amide bonds. The third-order valence-corrected chi connectivity index (χ3v) is 6.81. The monoisotopic (exact) mass is 484 g/mol. The van der Waals surface area contributed by atoms with Crippen molar-refractivity contribution in [2.45, 2.75) is 95.8 Å². The van der Waals surface area contributed by atoms with Crippen LogP contribution in [0.1, 0.15) is 112 Å². The summed E-state index contributed by atoms with van der Waals surface area (Å²) in [6.07, 6.45) is 14.2. The van der Waals surface area contributed by atoms with Crippen molar-refractivity contribution < 1.29 is 17.6 Å². The van der Waals surface area contributed by atoms with E-state index in [0.29, 0.717) is 5.56 Å². The molecule has 2 aromatic carbocycles. The van der Waals surface area contributed by atoms with Crippen LogP contribution in [0, 0.1) is 23.5 Å². The van der Waals surface area contributed by atoms with E-state index in [0.717, 1.165) is 12.0 Å². The van der Waals surface area contributed by atoms with Gasteiger partial charge in [0, 0.05) is 18.4 Å². The summed E-state index contributed by atoms with van der Waals surface area (Å²) < 4.78 is 56.0. The predicted octanol–water partition coefficient (Wildman–Crippen LogP) is 9.81. The maximum Gasteiger partial charge on any atom is 0.248 e. The van der Waals surface area contributed by atoms with Gasteiger partial charge in [-0.1, -0.05) is 87.6 Å². The molecule has 0 aliphatic heterocycles. The second kappa shape index (κ2) is 13.5. The summed E-state index contributed by atoms with van der Waals surface area (Å²) in [5.41, 5.74) is 1.95. The van der Waals surface area contributed by atoms with E-state index < -0.39 is 17.6 Å². The molecule has 0 radical (unpaired) electrons. The highest BCUT2D eigenvalue weighted by Crippen LogP contribution is 2.41. The maximum absolute atomic E-state index is 14.6. The van der Waals surface area contributed by atoms with Gasteiger partial charge in [-0.3, -0.25) is 0 Å². The van der Waals surface area contributed by atoms with Crippen LogP contribution in [0.5, 0.6) is 0 Å². The average molecular weight is 485 g/mol. The van der Waals surface area contributed by atoms with Crippen molar-refractivity contribution in [1.82, 2.24) is 0 Å². The van der Waals surface area contributed by atoms with Crippen molar-refractivity contribution in [2.24, 2.45) is 0 Å². The summed E-state index contributed by atoms with van der Waals surface area (Å²) in [7, 11) is 0. The zero-order valence-electron chi connectivity index (χ0n) is 20.7. The fourth-order valence-electron chi connectivity index (χ4n) is 4.58. The van der Waals surface area contributed by atoms with Crippen LogP contribution in [0.4, 0.5) is 17.6 Å². The zero-order valence-corrected chi connectivity index (χ0v) is 20.7. The molecule has 2 aromatic rings. The minimum atomic E-state index is -2.70. The van der Waals surface area contributed by atoms with Crippen LogP contribution in [-0.4, -0.2) is 5.92 Å². The molecule has 3 rings (SSSR count). The predicted molar refractivity (Wildman–Crippen MR) is 137 cm³/mol. The number of hydrogen-bond donors (Lipinski definition) is 0. The van der Waals surface area contributed by atoms with Crippen LogP contribution in [0.15, 0.2) is 42.5 Å². The molecule has 0 spiro atoms. The first-order valence-corrected chi connectivity index (χ1v) is 13.0. The summed E-state index contributed by atoms with van der Waals surface area (Å²) in [6, 6.07) is 10.6. The normalized spacial score (nSPS) is 15.8. The summed E-state index contributed by atoms with van der Waals surface area (Å²) in [5, 5.41) is 0. The highest BCUT2D eigenvalue weighted by Gasteiger charge is 2.36. The van der Waals surface area contributed by atoms with E-state index in [9.17, 15) is 17.6 Å². The molecule has 0 unspecified atom stereocenters. The number of halogens is 4. The molecule has 0 heterocycles. The van der Waals surface area contributed by atoms with E-state index >= 15 is 0 Å². The van der Waals surface area contributed by atoms with Crippen LogP contribution in [0.2, 0.25) is 0 Å². The molecule has 35 heavy (non-hydrogen) atoms. The van der Waals surface area contributed by atoms with Gasteiger partial charge < -0.3 is 0 Å². The summed E-state index contributed by atoms with van der Waals surface area (Å²) in [5.74, 6) is 0.562. The Hall–Kier alpha value is -2.54. The van der Waals surface area contributed by atoms with Gasteiger partial charge in [-0.05, 0) is 60.9 Å². The van der Waals surface area contributed by atoms with Gasteiger partial charge in [-0.15, -0.1) is 0 Å². The molecule has 1 saturated carbocycles. The largest absolute Gasteiger partial charge is 0.248 e. The van der Waals surface area contributed by atoms with Gasteiger partial charge in [-0.25, -0.2) is 17.6 Å². The molecular weight excluding hydrogens is 448 g/mol. The second-order valence-electron chi connectivity index (χ2n) is 9.64. The van der Waals surface area contributed by atoms with Crippen molar-refractivity contribution >= 4 is 6.08 Å². The van der Waals surface area contributed by atoms with E-state index in [1.54, 1.807) is 0 Å². The van der Waals surface area contributed by atoms with E-state index in [4.69, 9.17) is 0 Å². The lowest BCUT2D eigenvalue weighted by atomic mass is 9.82. The average Bonchev–Trinajstić information content (AvgIpc) is 2.85. The van der Waals surface area contributed by atoms with Crippen LogP contribution in [0.3, 0.4) is 0 Å². The fraction of sp³-hybridized carbons (Fsp3) is 0.484. The van der Waals surface area contributed by atoms with Crippen LogP contribution < -0.4 is 0 Å². The molecule has 188 valence electrons. The Bertz CT molecular complexity index is 1010. The minimum Gasteiger partial charge on any atom is -0.207 e. The Morgan fingerprint density at radius 2 is 1.49 bits per heavy atom. The topological polar surface area (TPSA) is 0 Å². The van der Waals surface area contributed by atoms with Gasteiger partial charge in [0.15, 0.2) is 11.6 Å². The van der Waals surface area contributed by atoms with Gasteiger partial charge >= 0.3 is 0 Å². The number of benzene rings is 2. The van der Waals surface area contributed by atoms with Crippen molar-refractivity contribution in [3.05, 3.63) is 76.4 Å². The number of allylic oxidation sites excluding steroid dienone is 1. The Morgan fingerprint density at radius 3 is 2.17 bits per heavy atom. The first-order chi connectivity index (χ1) is 16.9. The van der Waals surface area contributed by atoms with E-state index in [1.807, 2.05) is 24.3 Å².